The molecule has 1 heteroatoms. The van der Waals surface area contributed by atoms with Crippen LogP contribution < -0.4 is 4.90 Å². The largest absolute Gasteiger partial charge is 0.310 e. The van der Waals surface area contributed by atoms with Gasteiger partial charge in [-0.05, 0) is 143 Å². The van der Waals surface area contributed by atoms with Crippen molar-refractivity contribution in [2.24, 2.45) is 0 Å². The van der Waals surface area contributed by atoms with Gasteiger partial charge in [-0.15, -0.1) is 0 Å². The Balaban J connectivity index is 1.01. The van der Waals surface area contributed by atoms with Crippen LogP contribution in [0.2, 0.25) is 0 Å². The summed E-state index contributed by atoms with van der Waals surface area (Å²) in [4.78, 5) is 2.48. The third kappa shape index (κ3) is 7.17. The van der Waals surface area contributed by atoms with Gasteiger partial charge in [0.2, 0.25) is 0 Å². The maximum Gasteiger partial charge on any atom is 0.0540 e. The number of nitrogens with zero attached hydrogens (tertiary/aromatic N) is 1. The van der Waals surface area contributed by atoms with Crippen LogP contribution >= 0.6 is 0 Å². The highest BCUT2D eigenvalue weighted by Gasteiger charge is 2.41. The first-order valence-electron chi connectivity index (χ1n) is 24.7. The Hall–Kier alpha value is -9.04. The van der Waals surface area contributed by atoms with Crippen LogP contribution in [0, 0.1) is 0 Å². The van der Waals surface area contributed by atoms with E-state index in [0.717, 1.165) is 28.2 Å². The first kappa shape index (κ1) is 42.1. The smallest absolute Gasteiger partial charge is 0.0540 e. The molecule has 0 bridgehead atoms. The molecule has 334 valence electrons. The molecule has 0 aromatic heterocycles. The zero-order chi connectivity index (χ0) is 47.3. The van der Waals surface area contributed by atoms with Crippen LogP contribution in [0.4, 0.5) is 17.1 Å². The van der Waals surface area contributed by atoms with E-state index in [1.165, 1.54) is 93.9 Å². The van der Waals surface area contributed by atoms with Gasteiger partial charge in [0.25, 0.3) is 0 Å². The van der Waals surface area contributed by atoms with Crippen molar-refractivity contribution in [3.05, 3.63) is 296 Å². The van der Waals surface area contributed by atoms with Crippen molar-refractivity contribution in [2.45, 2.75) is 12.3 Å². The fourth-order valence-electron chi connectivity index (χ4n) is 11.5. The molecule has 0 N–H and O–H groups in total. The molecule has 1 atom stereocenters. The second kappa shape index (κ2) is 17.5. The second-order valence-electron chi connectivity index (χ2n) is 18.9. The van der Waals surface area contributed by atoms with Gasteiger partial charge in [-0.1, -0.05) is 243 Å². The van der Waals surface area contributed by atoms with Gasteiger partial charge in [-0.3, -0.25) is 0 Å². The predicted octanol–water partition coefficient (Wildman–Crippen LogP) is 19.1. The summed E-state index contributed by atoms with van der Waals surface area (Å²) in [5.74, 6) is 0. The highest BCUT2D eigenvalue weighted by atomic mass is 15.1. The highest BCUT2D eigenvalue weighted by molar-refractivity contribution is 6.22. The Morgan fingerprint density at radius 3 is 1.35 bits per heavy atom. The van der Waals surface area contributed by atoms with Crippen molar-refractivity contribution in [3.8, 4) is 66.8 Å². The second-order valence-corrected chi connectivity index (χ2v) is 18.9. The van der Waals surface area contributed by atoms with Crippen LogP contribution in [0.3, 0.4) is 0 Å². The van der Waals surface area contributed by atoms with E-state index in [0.29, 0.717) is 0 Å². The molecule has 0 saturated heterocycles. The lowest BCUT2D eigenvalue weighted by atomic mass is 9.74. The number of benzene rings is 12. The summed E-state index contributed by atoms with van der Waals surface area (Å²) in [5.41, 5.74) is 21.4. The summed E-state index contributed by atoms with van der Waals surface area (Å²) in [6, 6.07) is 103. The quantitative estimate of drug-likeness (QED) is 0.130. The van der Waals surface area contributed by atoms with Gasteiger partial charge in [-0.25, -0.2) is 0 Å². The zero-order valence-electron chi connectivity index (χ0n) is 39.5. The van der Waals surface area contributed by atoms with Gasteiger partial charge in [0.15, 0.2) is 0 Å². The molecule has 0 saturated carbocycles. The Morgan fingerprint density at radius 1 is 0.268 bits per heavy atom. The van der Waals surface area contributed by atoms with Crippen LogP contribution in [-0.2, 0) is 5.41 Å². The van der Waals surface area contributed by atoms with Gasteiger partial charge in [0.1, 0.15) is 0 Å². The minimum absolute atomic E-state index is 0.352. The molecule has 1 unspecified atom stereocenters. The topological polar surface area (TPSA) is 3.24 Å². The van der Waals surface area contributed by atoms with E-state index in [1.807, 2.05) is 0 Å². The summed E-state index contributed by atoms with van der Waals surface area (Å²) in [7, 11) is 0. The molecule has 13 rings (SSSR count). The van der Waals surface area contributed by atoms with Crippen molar-refractivity contribution in [2.75, 3.05) is 4.90 Å². The minimum Gasteiger partial charge on any atom is -0.310 e. The molecule has 0 radical (unpaired) electrons. The predicted molar refractivity (Wildman–Crippen MR) is 301 cm³/mol. The van der Waals surface area contributed by atoms with E-state index in [-0.39, 0.29) is 5.41 Å². The normalized spacial score (nSPS) is 13.8. The Morgan fingerprint density at radius 2 is 0.704 bits per heavy atom. The van der Waals surface area contributed by atoms with E-state index in [2.05, 4.69) is 291 Å². The number of anilines is 3. The van der Waals surface area contributed by atoms with E-state index in [4.69, 9.17) is 0 Å². The van der Waals surface area contributed by atoms with Crippen LogP contribution in [0.25, 0.3) is 88.3 Å². The van der Waals surface area contributed by atoms with E-state index >= 15 is 0 Å². The molecule has 1 nitrogen and oxygen atoms in total. The summed E-state index contributed by atoms with van der Waals surface area (Å²) in [6.07, 6.45) is 0. The van der Waals surface area contributed by atoms with Crippen LogP contribution in [0.15, 0.2) is 279 Å². The summed E-state index contributed by atoms with van der Waals surface area (Å²) < 4.78 is 0. The zero-order valence-corrected chi connectivity index (χ0v) is 39.5. The molecule has 0 heterocycles. The maximum absolute atomic E-state index is 2.48. The number of hydrogen-bond acceptors (Lipinski definition) is 1. The number of hydrogen-bond donors (Lipinski definition) is 0. The van der Waals surface area contributed by atoms with Crippen LogP contribution in [0.5, 0.6) is 0 Å². The molecule has 12 aromatic rings. The lowest BCUT2D eigenvalue weighted by Gasteiger charge is -2.31. The lowest BCUT2D eigenvalue weighted by molar-refractivity contribution is 0.714. The molecule has 0 aliphatic heterocycles. The molecule has 0 spiro atoms. The van der Waals surface area contributed by atoms with Crippen molar-refractivity contribution in [1.82, 2.24) is 0 Å². The molecular formula is C70H49N. The standard InChI is InChI=1S/C70H49N/c1-70(55-26-12-5-13-27-55)65-32-18-16-30-61(65)62-45-43-57(47-66(62)70)71(56-41-38-51(39-42-56)50-36-34-49(35-37-50)48-20-6-2-7-21-48)67-33-19-17-28-58(67)54-40-44-60-59-29-14-15-31-63(59)68(52-22-8-3-9-23-52)69(64(60)46-54)53-24-10-4-11-25-53/h2-47H,1H3. The van der Waals surface area contributed by atoms with Crippen molar-refractivity contribution in [1.29, 1.82) is 0 Å². The van der Waals surface area contributed by atoms with Gasteiger partial charge < -0.3 is 4.90 Å². The average Bonchev–Trinajstić information content (AvgIpc) is 3.71. The summed E-state index contributed by atoms with van der Waals surface area (Å²) in [5, 5.41) is 4.96. The molecule has 12 aromatic carbocycles. The summed E-state index contributed by atoms with van der Waals surface area (Å²) >= 11 is 0. The first-order valence-corrected chi connectivity index (χ1v) is 24.7. The molecule has 0 fully saturated rings. The number of para-hydroxylation sites is 1. The van der Waals surface area contributed by atoms with Crippen molar-refractivity contribution >= 4 is 38.6 Å². The van der Waals surface area contributed by atoms with Crippen molar-refractivity contribution < 1.29 is 0 Å². The Bertz CT molecular complexity index is 3900. The third-order valence-corrected chi connectivity index (χ3v) is 15.0. The monoisotopic (exact) mass is 903 g/mol. The van der Waals surface area contributed by atoms with E-state index < -0.39 is 0 Å². The number of rotatable bonds is 9. The Kier molecular flexibility index (Phi) is 10.4. The number of fused-ring (bicyclic) bond motifs is 6. The molecule has 1 aliphatic rings. The van der Waals surface area contributed by atoms with Gasteiger partial charge in [0, 0.05) is 22.4 Å². The van der Waals surface area contributed by atoms with Crippen LogP contribution in [0.1, 0.15) is 23.6 Å². The van der Waals surface area contributed by atoms with Gasteiger partial charge in [-0.2, -0.15) is 0 Å². The fraction of sp³-hybridized carbons (Fsp3) is 0.0286. The Labute approximate surface area is 416 Å². The molecule has 1 aliphatic carbocycles. The lowest BCUT2D eigenvalue weighted by Crippen LogP contribution is -2.22. The average molecular weight is 904 g/mol. The SMILES string of the molecule is CC1(c2ccccc2)c2ccccc2-c2ccc(N(c3ccc(-c4ccc(-c5ccccc5)cc4)cc3)c3ccccc3-c3ccc4c(c3)c(-c3ccccc3)c(-c3ccccc3)c3ccccc34)cc21. The minimum atomic E-state index is -0.352. The molecule has 0 amide bonds. The van der Waals surface area contributed by atoms with Gasteiger partial charge in [0.05, 0.1) is 5.69 Å². The third-order valence-electron chi connectivity index (χ3n) is 15.0. The van der Waals surface area contributed by atoms with Crippen LogP contribution in [-0.4, -0.2) is 0 Å². The van der Waals surface area contributed by atoms with Gasteiger partial charge >= 0.3 is 0 Å². The highest BCUT2D eigenvalue weighted by Crippen LogP contribution is 2.55. The van der Waals surface area contributed by atoms with E-state index in [1.54, 1.807) is 0 Å². The molecule has 71 heavy (non-hydrogen) atoms. The fourth-order valence-corrected chi connectivity index (χ4v) is 11.5. The maximum atomic E-state index is 2.48. The first-order chi connectivity index (χ1) is 35.1. The summed E-state index contributed by atoms with van der Waals surface area (Å²) in [6.45, 7) is 2.40. The molecular weight excluding hydrogens is 855 g/mol. The van der Waals surface area contributed by atoms with Crippen molar-refractivity contribution in [3.63, 3.8) is 0 Å². The van der Waals surface area contributed by atoms with E-state index in [9.17, 15) is 0 Å².